The molecule has 20 heavy (non-hydrogen) atoms. The van der Waals surface area contributed by atoms with E-state index in [9.17, 15) is 0 Å². The fraction of sp³-hybridized carbons (Fsp3) is 0.500. The summed E-state index contributed by atoms with van der Waals surface area (Å²) in [5, 5.41) is 11.8. The van der Waals surface area contributed by atoms with Crippen molar-refractivity contribution in [3.63, 3.8) is 0 Å². The number of hydrogen-bond donors (Lipinski definition) is 2. The van der Waals surface area contributed by atoms with Crippen LogP contribution in [0.5, 0.6) is 5.75 Å². The van der Waals surface area contributed by atoms with Crippen LogP contribution in [-0.4, -0.2) is 36.1 Å². The highest BCUT2D eigenvalue weighted by molar-refractivity contribution is 9.10. The van der Waals surface area contributed by atoms with Crippen molar-refractivity contribution in [3.05, 3.63) is 28.2 Å². The van der Waals surface area contributed by atoms with Gasteiger partial charge >= 0.3 is 0 Å². The standard InChI is InChI=1S/C14H20BrN3O2/c1-20-13-3-2-10(8-12(13)15)9-18-6-4-11(5-7-18)14(16)17-19/h2-3,8,11,19H,4-7,9H2,1H3,(H2,16,17). The van der Waals surface area contributed by atoms with Crippen LogP contribution in [0.25, 0.3) is 0 Å². The molecule has 6 heteroatoms. The zero-order valence-electron chi connectivity index (χ0n) is 11.6. The number of piperidine rings is 1. The summed E-state index contributed by atoms with van der Waals surface area (Å²) >= 11 is 3.51. The average molecular weight is 342 g/mol. The zero-order valence-corrected chi connectivity index (χ0v) is 13.1. The largest absolute Gasteiger partial charge is 0.496 e. The number of nitrogens with zero attached hydrogens (tertiary/aromatic N) is 2. The zero-order chi connectivity index (χ0) is 14.5. The number of rotatable bonds is 4. The van der Waals surface area contributed by atoms with E-state index in [1.54, 1.807) is 7.11 Å². The molecule has 1 aliphatic rings. The summed E-state index contributed by atoms with van der Waals surface area (Å²) in [4.78, 5) is 2.38. The summed E-state index contributed by atoms with van der Waals surface area (Å²) in [7, 11) is 1.66. The number of hydrogen-bond acceptors (Lipinski definition) is 4. The van der Waals surface area contributed by atoms with Crippen LogP contribution in [0.4, 0.5) is 0 Å². The number of ether oxygens (including phenoxy) is 1. The minimum absolute atomic E-state index is 0.207. The van der Waals surface area contributed by atoms with E-state index in [2.05, 4.69) is 38.1 Å². The van der Waals surface area contributed by atoms with Crippen LogP contribution in [0.15, 0.2) is 27.8 Å². The van der Waals surface area contributed by atoms with E-state index in [0.717, 1.165) is 42.7 Å². The van der Waals surface area contributed by atoms with Gasteiger partial charge < -0.3 is 15.7 Å². The summed E-state index contributed by atoms with van der Waals surface area (Å²) in [6, 6.07) is 6.15. The van der Waals surface area contributed by atoms with Crippen molar-refractivity contribution in [2.24, 2.45) is 16.8 Å². The van der Waals surface area contributed by atoms with Gasteiger partial charge in [0.25, 0.3) is 0 Å². The van der Waals surface area contributed by atoms with Crippen LogP contribution in [0.3, 0.4) is 0 Å². The van der Waals surface area contributed by atoms with Gasteiger partial charge in [-0.1, -0.05) is 11.2 Å². The predicted octanol–water partition coefficient (Wildman–Crippen LogP) is 2.42. The highest BCUT2D eigenvalue weighted by Gasteiger charge is 2.22. The van der Waals surface area contributed by atoms with Gasteiger partial charge in [-0.05, 0) is 59.6 Å². The summed E-state index contributed by atoms with van der Waals surface area (Å²) in [5.41, 5.74) is 6.91. The van der Waals surface area contributed by atoms with E-state index in [4.69, 9.17) is 15.7 Å². The molecule has 0 atom stereocenters. The van der Waals surface area contributed by atoms with Gasteiger partial charge in [-0.25, -0.2) is 0 Å². The SMILES string of the molecule is COc1ccc(CN2CCC(C(N)=NO)CC2)cc1Br. The van der Waals surface area contributed by atoms with Crippen LogP contribution in [0.2, 0.25) is 0 Å². The van der Waals surface area contributed by atoms with Crippen LogP contribution in [-0.2, 0) is 6.54 Å². The summed E-state index contributed by atoms with van der Waals surface area (Å²) < 4.78 is 6.21. The second-order valence-electron chi connectivity index (χ2n) is 5.04. The first-order chi connectivity index (χ1) is 9.63. The lowest BCUT2D eigenvalue weighted by atomic mass is 9.95. The van der Waals surface area contributed by atoms with Crippen LogP contribution in [0, 0.1) is 5.92 Å². The van der Waals surface area contributed by atoms with Crippen molar-refractivity contribution >= 4 is 21.8 Å². The van der Waals surface area contributed by atoms with E-state index in [0.29, 0.717) is 5.84 Å². The molecule has 110 valence electrons. The van der Waals surface area contributed by atoms with E-state index in [-0.39, 0.29) is 5.92 Å². The van der Waals surface area contributed by atoms with Gasteiger partial charge in [0.2, 0.25) is 0 Å². The van der Waals surface area contributed by atoms with Crippen LogP contribution in [0.1, 0.15) is 18.4 Å². The van der Waals surface area contributed by atoms with Gasteiger partial charge in [0.15, 0.2) is 0 Å². The topological polar surface area (TPSA) is 71.1 Å². The van der Waals surface area contributed by atoms with Gasteiger partial charge in [0, 0.05) is 12.5 Å². The summed E-state index contributed by atoms with van der Waals surface area (Å²) in [5.74, 6) is 1.41. The van der Waals surface area contributed by atoms with Crippen molar-refractivity contribution in [2.45, 2.75) is 19.4 Å². The molecule has 1 aromatic rings. The van der Waals surface area contributed by atoms with Gasteiger partial charge in [-0.3, -0.25) is 4.90 Å². The Hall–Kier alpha value is -1.27. The molecule has 1 heterocycles. The minimum Gasteiger partial charge on any atom is -0.496 e. The molecule has 3 N–H and O–H groups in total. The smallest absolute Gasteiger partial charge is 0.142 e. The third-order valence-corrected chi connectivity index (χ3v) is 4.36. The number of halogens is 1. The maximum Gasteiger partial charge on any atom is 0.142 e. The maximum absolute atomic E-state index is 8.70. The normalized spacial score (nSPS) is 18.2. The third kappa shape index (κ3) is 3.64. The lowest BCUT2D eigenvalue weighted by Gasteiger charge is -2.31. The molecule has 0 amide bonds. The van der Waals surface area contributed by atoms with E-state index >= 15 is 0 Å². The predicted molar refractivity (Wildman–Crippen MR) is 82.1 cm³/mol. The van der Waals surface area contributed by atoms with Gasteiger partial charge in [0.1, 0.15) is 11.6 Å². The Kier molecular flexibility index (Phi) is 5.25. The average Bonchev–Trinajstić information content (AvgIpc) is 2.47. The number of amidine groups is 1. The highest BCUT2D eigenvalue weighted by Crippen LogP contribution is 2.27. The molecule has 1 saturated heterocycles. The van der Waals surface area contributed by atoms with Gasteiger partial charge in [-0.2, -0.15) is 0 Å². The second kappa shape index (κ2) is 6.95. The summed E-state index contributed by atoms with van der Waals surface area (Å²) in [6.07, 6.45) is 1.88. The molecule has 1 aromatic carbocycles. The Labute approximate surface area is 127 Å². The molecule has 2 rings (SSSR count). The Morgan fingerprint density at radius 2 is 2.20 bits per heavy atom. The number of likely N-dealkylation sites (tertiary alicyclic amines) is 1. The van der Waals surface area contributed by atoms with Gasteiger partial charge in [-0.15, -0.1) is 0 Å². The molecule has 0 spiro atoms. The number of nitrogens with two attached hydrogens (primary N) is 1. The van der Waals surface area contributed by atoms with E-state index in [1.165, 1.54) is 5.56 Å². The first kappa shape index (κ1) is 15.1. The highest BCUT2D eigenvalue weighted by atomic mass is 79.9. The second-order valence-corrected chi connectivity index (χ2v) is 5.90. The monoisotopic (exact) mass is 341 g/mol. The molecule has 0 radical (unpaired) electrons. The Balaban J connectivity index is 1.91. The molecule has 5 nitrogen and oxygen atoms in total. The summed E-state index contributed by atoms with van der Waals surface area (Å²) in [6.45, 7) is 2.83. The molecule has 0 bridgehead atoms. The Bertz CT molecular complexity index is 485. The van der Waals surface area contributed by atoms with E-state index < -0.39 is 0 Å². The molecule has 1 aliphatic heterocycles. The quantitative estimate of drug-likeness (QED) is 0.382. The van der Waals surface area contributed by atoms with Crippen molar-refractivity contribution in [1.82, 2.24) is 4.90 Å². The Morgan fingerprint density at radius 1 is 1.50 bits per heavy atom. The first-order valence-electron chi connectivity index (χ1n) is 6.66. The fourth-order valence-corrected chi connectivity index (χ4v) is 3.12. The van der Waals surface area contributed by atoms with Crippen molar-refractivity contribution in [3.8, 4) is 5.75 Å². The Morgan fingerprint density at radius 3 is 2.75 bits per heavy atom. The third-order valence-electron chi connectivity index (χ3n) is 3.74. The van der Waals surface area contributed by atoms with Crippen molar-refractivity contribution < 1.29 is 9.94 Å². The van der Waals surface area contributed by atoms with E-state index in [1.807, 2.05) is 6.07 Å². The maximum atomic E-state index is 8.70. The number of benzene rings is 1. The minimum atomic E-state index is 0.207. The molecular formula is C14H20BrN3O2. The first-order valence-corrected chi connectivity index (χ1v) is 7.45. The lowest BCUT2D eigenvalue weighted by Crippen LogP contribution is -2.38. The molecule has 0 aliphatic carbocycles. The molecule has 0 unspecified atom stereocenters. The fourth-order valence-electron chi connectivity index (χ4n) is 2.53. The molecule has 0 aromatic heterocycles. The molecule has 1 fully saturated rings. The molecule has 0 saturated carbocycles. The lowest BCUT2D eigenvalue weighted by molar-refractivity contribution is 0.198. The van der Waals surface area contributed by atoms with Gasteiger partial charge in [0.05, 0.1) is 11.6 Å². The van der Waals surface area contributed by atoms with Crippen molar-refractivity contribution in [1.29, 1.82) is 0 Å². The van der Waals surface area contributed by atoms with Crippen LogP contribution < -0.4 is 10.5 Å². The number of oxime groups is 1. The number of methoxy groups -OCH3 is 1. The van der Waals surface area contributed by atoms with Crippen LogP contribution >= 0.6 is 15.9 Å². The van der Waals surface area contributed by atoms with Crippen molar-refractivity contribution in [2.75, 3.05) is 20.2 Å². The molecular weight excluding hydrogens is 322 g/mol.